The van der Waals surface area contributed by atoms with E-state index in [9.17, 15) is 0 Å². The number of rotatable bonds is 2. The molecule has 0 amide bonds. The summed E-state index contributed by atoms with van der Waals surface area (Å²) in [4.78, 5) is 15.6. The van der Waals surface area contributed by atoms with E-state index in [1.807, 2.05) is 0 Å². The van der Waals surface area contributed by atoms with Gasteiger partial charge in [0, 0.05) is 0 Å². The van der Waals surface area contributed by atoms with Crippen molar-refractivity contribution < 1.29 is 0 Å². The van der Waals surface area contributed by atoms with E-state index < -0.39 is 0 Å². The first kappa shape index (κ1) is 12.6. The number of H-pyrrole nitrogens is 1. The van der Waals surface area contributed by atoms with Crippen molar-refractivity contribution in [1.82, 2.24) is 19.9 Å². The SMILES string of the molecule is Clc1nc(NC2CCCc3ccccc32)c2[nH]cnc2n1. The summed E-state index contributed by atoms with van der Waals surface area (Å²) in [5, 5.41) is 3.71. The molecule has 2 heterocycles. The van der Waals surface area contributed by atoms with Gasteiger partial charge in [0.1, 0.15) is 5.52 Å². The Labute approximate surface area is 126 Å². The fourth-order valence-electron chi connectivity index (χ4n) is 2.98. The normalized spacial score (nSPS) is 17.7. The van der Waals surface area contributed by atoms with Gasteiger partial charge in [-0.25, -0.2) is 4.98 Å². The van der Waals surface area contributed by atoms with Crippen LogP contribution in [0.3, 0.4) is 0 Å². The maximum absolute atomic E-state index is 5.98. The number of anilines is 1. The number of aromatic nitrogens is 4. The largest absolute Gasteiger partial charge is 0.361 e. The van der Waals surface area contributed by atoms with Gasteiger partial charge in [-0.05, 0) is 42.0 Å². The summed E-state index contributed by atoms with van der Waals surface area (Å²) in [7, 11) is 0. The standard InChI is InChI=1S/C15H14ClN5/c16-15-20-13-12(17-8-18-13)14(21-15)19-11-7-3-5-9-4-1-2-6-10(9)11/h1-2,4,6,8,11H,3,5,7H2,(H2,17,18,19,20,21). The second-order valence-corrected chi connectivity index (χ2v) is 5.57. The smallest absolute Gasteiger partial charge is 0.226 e. The number of hydrogen-bond acceptors (Lipinski definition) is 4. The Bertz CT molecular complexity index is 798. The lowest BCUT2D eigenvalue weighted by molar-refractivity contribution is 0.599. The molecule has 0 saturated carbocycles. The van der Waals surface area contributed by atoms with E-state index in [1.54, 1.807) is 6.33 Å². The molecule has 6 heteroatoms. The van der Waals surface area contributed by atoms with Crippen molar-refractivity contribution in [1.29, 1.82) is 0 Å². The fourth-order valence-corrected chi connectivity index (χ4v) is 3.14. The molecule has 4 rings (SSSR count). The Morgan fingerprint density at radius 2 is 2.14 bits per heavy atom. The van der Waals surface area contributed by atoms with E-state index in [-0.39, 0.29) is 11.3 Å². The number of nitrogens with one attached hydrogen (secondary N) is 2. The first-order chi connectivity index (χ1) is 10.3. The minimum absolute atomic E-state index is 0.209. The van der Waals surface area contributed by atoms with Crippen LogP contribution in [0.5, 0.6) is 0 Å². The van der Waals surface area contributed by atoms with Crippen molar-refractivity contribution in [2.45, 2.75) is 25.3 Å². The lowest BCUT2D eigenvalue weighted by Crippen LogP contribution is -2.18. The molecule has 5 nitrogen and oxygen atoms in total. The van der Waals surface area contributed by atoms with Crippen molar-refractivity contribution in [3.8, 4) is 0 Å². The van der Waals surface area contributed by atoms with Crippen molar-refractivity contribution in [3.05, 3.63) is 47.0 Å². The molecule has 0 bridgehead atoms. The highest BCUT2D eigenvalue weighted by Gasteiger charge is 2.21. The van der Waals surface area contributed by atoms with Crippen molar-refractivity contribution in [2.24, 2.45) is 0 Å². The molecule has 1 aromatic carbocycles. The Morgan fingerprint density at radius 3 is 3.10 bits per heavy atom. The van der Waals surface area contributed by atoms with Gasteiger partial charge >= 0.3 is 0 Å². The minimum atomic E-state index is 0.209. The first-order valence-electron chi connectivity index (χ1n) is 7.02. The minimum Gasteiger partial charge on any atom is -0.361 e. The number of hydrogen-bond donors (Lipinski definition) is 2. The molecule has 1 aliphatic rings. The molecule has 3 aromatic rings. The number of benzene rings is 1. The lowest BCUT2D eigenvalue weighted by Gasteiger charge is -2.26. The third-order valence-corrected chi connectivity index (χ3v) is 4.11. The molecular formula is C15H14ClN5. The molecule has 1 atom stereocenters. The fraction of sp³-hybridized carbons (Fsp3) is 0.267. The van der Waals surface area contributed by atoms with Gasteiger partial charge in [-0.15, -0.1) is 0 Å². The van der Waals surface area contributed by atoms with Crippen LogP contribution in [0.4, 0.5) is 5.82 Å². The molecule has 0 fully saturated rings. The van der Waals surface area contributed by atoms with Gasteiger partial charge in [-0.3, -0.25) is 0 Å². The molecule has 106 valence electrons. The van der Waals surface area contributed by atoms with Gasteiger partial charge in [0.15, 0.2) is 11.5 Å². The summed E-state index contributed by atoms with van der Waals surface area (Å²) >= 11 is 5.98. The number of halogens is 1. The molecule has 1 aliphatic carbocycles. The summed E-state index contributed by atoms with van der Waals surface area (Å²) in [6.07, 6.45) is 4.99. The van der Waals surface area contributed by atoms with E-state index in [1.165, 1.54) is 17.5 Å². The number of aryl methyl sites for hydroxylation is 1. The Kier molecular flexibility index (Phi) is 3.00. The zero-order chi connectivity index (χ0) is 14.2. The molecule has 0 saturated heterocycles. The molecule has 0 radical (unpaired) electrons. The second kappa shape index (κ2) is 5.00. The van der Waals surface area contributed by atoms with Crippen LogP contribution in [-0.2, 0) is 6.42 Å². The molecule has 1 unspecified atom stereocenters. The predicted molar refractivity (Wildman–Crippen MR) is 82.4 cm³/mol. The Hall–Kier alpha value is -2.14. The Balaban J connectivity index is 1.74. The number of nitrogens with zero attached hydrogens (tertiary/aromatic N) is 3. The van der Waals surface area contributed by atoms with Crippen LogP contribution in [0, 0.1) is 0 Å². The number of aromatic amines is 1. The van der Waals surface area contributed by atoms with Gasteiger partial charge in [0.2, 0.25) is 5.28 Å². The molecule has 0 aliphatic heterocycles. The molecule has 21 heavy (non-hydrogen) atoms. The highest BCUT2D eigenvalue weighted by molar-refractivity contribution is 6.28. The molecule has 2 aromatic heterocycles. The van der Waals surface area contributed by atoms with E-state index >= 15 is 0 Å². The summed E-state index contributed by atoms with van der Waals surface area (Å²) in [6, 6.07) is 8.79. The van der Waals surface area contributed by atoms with Crippen LogP contribution in [0.25, 0.3) is 11.2 Å². The topological polar surface area (TPSA) is 66.5 Å². The van der Waals surface area contributed by atoms with E-state index in [0.717, 1.165) is 18.4 Å². The molecule has 2 N–H and O–H groups in total. The summed E-state index contributed by atoms with van der Waals surface area (Å²) in [5.74, 6) is 0.712. The van der Waals surface area contributed by atoms with Crippen LogP contribution in [0.2, 0.25) is 5.28 Å². The predicted octanol–water partition coefficient (Wildman–Crippen LogP) is 3.50. The van der Waals surface area contributed by atoms with Crippen molar-refractivity contribution >= 4 is 28.6 Å². The average Bonchev–Trinajstić information content (AvgIpc) is 2.96. The van der Waals surface area contributed by atoms with Crippen LogP contribution >= 0.6 is 11.6 Å². The summed E-state index contributed by atoms with van der Waals surface area (Å²) < 4.78 is 0. The van der Waals surface area contributed by atoms with Crippen LogP contribution < -0.4 is 5.32 Å². The molecular weight excluding hydrogens is 286 g/mol. The summed E-state index contributed by atoms with van der Waals surface area (Å²) in [6.45, 7) is 0. The zero-order valence-electron chi connectivity index (χ0n) is 11.3. The van der Waals surface area contributed by atoms with E-state index in [4.69, 9.17) is 11.6 Å². The van der Waals surface area contributed by atoms with Crippen molar-refractivity contribution in [3.63, 3.8) is 0 Å². The highest BCUT2D eigenvalue weighted by Crippen LogP contribution is 2.33. The second-order valence-electron chi connectivity index (χ2n) is 5.23. The monoisotopic (exact) mass is 299 g/mol. The van der Waals surface area contributed by atoms with Crippen molar-refractivity contribution in [2.75, 3.05) is 5.32 Å². The number of fused-ring (bicyclic) bond motifs is 2. The maximum atomic E-state index is 5.98. The lowest BCUT2D eigenvalue weighted by atomic mass is 9.88. The third kappa shape index (κ3) is 2.23. The van der Waals surface area contributed by atoms with Gasteiger partial charge in [-0.1, -0.05) is 24.3 Å². The van der Waals surface area contributed by atoms with Gasteiger partial charge in [0.25, 0.3) is 0 Å². The third-order valence-electron chi connectivity index (χ3n) is 3.94. The Morgan fingerprint density at radius 1 is 1.24 bits per heavy atom. The quantitative estimate of drug-likeness (QED) is 0.711. The van der Waals surface area contributed by atoms with E-state index in [2.05, 4.69) is 49.5 Å². The number of imidazole rings is 1. The van der Waals surface area contributed by atoms with Crippen LogP contribution in [0.1, 0.15) is 30.0 Å². The van der Waals surface area contributed by atoms with E-state index in [0.29, 0.717) is 11.5 Å². The average molecular weight is 300 g/mol. The molecule has 0 spiro atoms. The van der Waals surface area contributed by atoms with Gasteiger partial charge in [-0.2, -0.15) is 9.97 Å². The maximum Gasteiger partial charge on any atom is 0.226 e. The summed E-state index contributed by atoms with van der Waals surface area (Å²) in [5.41, 5.74) is 4.12. The zero-order valence-corrected chi connectivity index (χ0v) is 12.1. The highest BCUT2D eigenvalue weighted by atomic mass is 35.5. The van der Waals surface area contributed by atoms with Gasteiger partial charge < -0.3 is 10.3 Å². The van der Waals surface area contributed by atoms with Gasteiger partial charge in [0.05, 0.1) is 12.4 Å². The van der Waals surface area contributed by atoms with Crippen LogP contribution in [-0.4, -0.2) is 19.9 Å². The first-order valence-corrected chi connectivity index (χ1v) is 7.40. The van der Waals surface area contributed by atoms with Crippen LogP contribution in [0.15, 0.2) is 30.6 Å².